The van der Waals surface area contributed by atoms with Gasteiger partial charge >= 0.3 is 0 Å². The molecule has 1 aliphatic rings. The van der Waals surface area contributed by atoms with E-state index < -0.39 is 9.84 Å². The van der Waals surface area contributed by atoms with Crippen molar-refractivity contribution in [1.29, 1.82) is 0 Å². The van der Waals surface area contributed by atoms with Crippen LogP contribution in [0.15, 0.2) is 47.4 Å². The van der Waals surface area contributed by atoms with Crippen molar-refractivity contribution in [2.45, 2.75) is 11.3 Å². The first-order chi connectivity index (χ1) is 13.8. The predicted molar refractivity (Wildman–Crippen MR) is 114 cm³/mol. The Labute approximate surface area is 173 Å². The van der Waals surface area contributed by atoms with Gasteiger partial charge in [-0.05, 0) is 36.8 Å². The normalized spacial score (nSPS) is 14.6. The number of aromatic nitrogens is 2. The second-order valence-electron chi connectivity index (χ2n) is 7.01. The lowest BCUT2D eigenvalue weighted by Gasteiger charge is -2.23. The highest BCUT2D eigenvalue weighted by Gasteiger charge is 2.28. The van der Waals surface area contributed by atoms with Crippen molar-refractivity contribution in [2.75, 3.05) is 36.2 Å². The van der Waals surface area contributed by atoms with Crippen LogP contribution >= 0.6 is 11.6 Å². The van der Waals surface area contributed by atoms with Crippen molar-refractivity contribution < 1.29 is 13.2 Å². The lowest BCUT2D eigenvalue weighted by Crippen LogP contribution is -2.32. The Morgan fingerprint density at radius 1 is 1.03 bits per heavy atom. The molecule has 2 heterocycles. The maximum atomic E-state index is 13.4. The van der Waals surface area contributed by atoms with E-state index in [0.717, 1.165) is 24.7 Å². The van der Waals surface area contributed by atoms with Crippen LogP contribution in [0.3, 0.4) is 0 Å². The monoisotopic (exact) mass is 430 g/mol. The number of rotatable bonds is 2. The Morgan fingerprint density at radius 3 is 2.34 bits per heavy atom. The third-order valence-corrected chi connectivity index (χ3v) is 6.43. The predicted octanol–water partition coefficient (Wildman–Crippen LogP) is 3.17. The summed E-state index contributed by atoms with van der Waals surface area (Å²) in [4.78, 5) is 26.2. The van der Waals surface area contributed by atoms with Crippen molar-refractivity contribution in [2.24, 2.45) is 0 Å². The zero-order chi connectivity index (χ0) is 20.8. The molecule has 29 heavy (non-hydrogen) atoms. The van der Waals surface area contributed by atoms with Crippen LogP contribution in [0.25, 0.3) is 11.0 Å². The van der Waals surface area contributed by atoms with Gasteiger partial charge in [-0.3, -0.25) is 9.69 Å². The second-order valence-corrected chi connectivity index (χ2v) is 9.40. The van der Waals surface area contributed by atoms with E-state index >= 15 is 0 Å². The second kappa shape index (κ2) is 7.27. The molecule has 7 nitrogen and oxygen atoms in total. The number of sulfone groups is 1. The Kier molecular flexibility index (Phi) is 4.92. The molecule has 1 aliphatic heterocycles. The van der Waals surface area contributed by atoms with Gasteiger partial charge in [0.25, 0.3) is 5.91 Å². The molecule has 150 valence electrons. The molecule has 9 heteroatoms. The van der Waals surface area contributed by atoms with E-state index in [1.165, 1.54) is 18.2 Å². The highest BCUT2D eigenvalue weighted by Crippen LogP contribution is 2.32. The number of carbonyl (C=O) groups is 1. The molecular weight excluding hydrogens is 412 g/mol. The summed E-state index contributed by atoms with van der Waals surface area (Å²) in [6, 6.07) is 11.8. The summed E-state index contributed by atoms with van der Waals surface area (Å²) in [6.45, 7) is 1.17. The van der Waals surface area contributed by atoms with E-state index in [-0.39, 0.29) is 21.4 Å². The first-order valence-electron chi connectivity index (χ1n) is 9.05. The van der Waals surface area contributed by atoms with Gasteiger partial charge in [-0.2, -0.15) is 0 Å². The van der Waals surface area contributed by atoms with E-state index in [1.54, 1.807) is 4.90 Å². The largest absolute Gasteiger partial charge is 0.357 e. The number of benzene rings is 2. The first-order valence-corrected chi connectivity index (χ1v) is 11.3. The van der Waals surface area contributed by atoms with E-state index in [9.17, 15) is 13.2 Å². The lowest BCUT2D eigenvalue weighted by atomic mass is 10.2. The van der Waals surface area contributed by atoms with Gasteiger partial charge in [0.2, 0.25) is 0 Å². The third-order valence-electron chi connectivity index (χ3n) is 4.85. The Bertz CT molecular complexity index is 1230. The van der Waals surface area contributed by atoms with Crippen LogP contribution in [0.2, 0.25) is 5.02 Å². The summed E-state index contributed by atoms with van der Waals surface area (Å²) in [7, 11) is -1.65. The van der Waals surface area contributed by atoms with E-state index in [1.807, 2.05) is 36.2 Å². The molecule has 0 N–H and O–H groups in total. The maximum Gasteiger partial charge on any atom is 0.259 e. The summed E-state index contributed by atoms with van der Waals surface area (Å²) in [6.07, 6.45) is 1.79. The van der Waals surface area contributed by atoms with Gasteiger partial charge < -0.3 is 4.90 Å². The van der Waals surface area contributed by atoms with Crippen LogP contribution in [-0.4, -0.2) is 50.7 Å². The third kappa shape index (κ3) is 3.65. The molecule has 1 aromatic heterocycles. The Morgan fingerprint density at radius 2 is 1.69 bits per heavy atom. The standard InChI is InChI=1S/C20H19ClN4O3S/c1-24-10-5-11-25(19-18(24)22-15-6-3-4-7-16(15)23-19)20(26)13-8-9-14(21)17(12-13)29(2,27)28/h3-4,6-9,12H,5,10-11H2,1-2H3. The number of para-hydroxylation sites is 2. The molecular formula is C20H19ClN4O3S. The zero-order valence-corrected chi connectivity index (χ0v) is 17.5. The number of nitrogens with zero attached hydrogens (tertiary/aromatic N) is 4. The zero-order valence-electron chi connectivity index (χ0n) is 16.0. The Balaban J connectivity index is 1.84. The van der Waals surface area contributed by atoms with Crippen LogP contribution in [0, 0.1) is 0 Å². The average molecular weight is 431 g/mol. The number of hydrogen-bond donors (Lipinski definition) is 0. The molecule has 0 atom stereocenters. The summed E-state index contributed by atoms with van der Waals surface area (Å²) in [5, 5.41) is 0.0887. The molecule has 0 aliphatic carbocycles. The summed E-state index contributed by atoms with van der Waals surface area (Å²) in [5.41, 5.74) is 1.67. The molecule has 2 aromatic carbocycles. The van der Waals surface area contributed by atoms with E-state index in [0.29, 0.717) is 23.7 Å². The highest BCUT2D eigenvalue weighted by molar-refractivity contribution is 7.90. The fraction of sp³-hybridized carbons (Fsp3) is 0.250. The van der Waals surface area contributed by atoms with Gasteiger partial charge in [-0.1, -0.05) is 23.7 Å². The minimum atomic E-state index is -3.56. The molecule has 0 spiro atoms. The van der Waals surface area contributed by atoms with Crippen molar-refractivity contribution in [1.82, 2.24) is 9.97 Å². The molecule has 0 saturated carbocycles. The van der Waals surface area contributed by atoms with Gasteiger partial charge in [0.1, 0.15) is 0 Å². The van der Waals surface area contributed by atoms with Crippen molar-refractivity contribution >= 4 is 50.0 Å². The van der Waals surface area contributed by atoms with E-state index in [4.69, 9.17) is 21.6 Å². The molecule has 0 unspecified atom stereocenters. The first kappa shape index (κ1) is 19.6. The molecule has 0 saturated heterocycles. The SMILES string of the molecule is CN1CCCN(C(=O)c2ccc(Cl)c(S(C)(=O)=O)c2)c2nc3ccccc3nc21. The van der Waals surface area contributed by atoms with Crippen molar-refractivity contribution in [3.8, 4) is 0 Å². The van der Waals surface area contributed by atoms with Gasteiger partial charge in [-0.25, -0.2) is 18.4 Å². The number of amides is 1. The average Bonchev–Trinajstić information content (AvgIpc) is 2.84. The molecule has 0 bridgehead atoms. The number of fused-ring (bicyclic) bond motifs is 2. The minimum Gasteiger partial charge on any atom is -0.357 e. The number of hydrogen-bond acceptors (Lipinski definition) is 6. The molecule has 0 radical (unpaired) electrons. The highest BCUT2D eigenvalue weighted by atomic mass is 35.5. The summed E-state index contributed by atoms with van der Waals surface area (Å²) in [5.74, 6) is 0.740. The van der Waals surface area contributed by atoms with Crippen molar-refractivity contribution in [3.63, 3.8) is 0 Å². The van der Waals surface area contributed by atoms with Gasteiger partial charge in [0.05, 0.1) is 21.0 Å². The van der Waals surface area contributed by atoms with Gasteiger partial charge in [0, 0.05) is 32.0 Å². The molecule has 0 fully saturated rings. The number of halogens is 1. The van der Waals surface area contributed by atoms with Crippen LogP contribution in [0.1, 0.15) is 16.8 Å². The van der Waals surface area contributed by atoms with Gasteiger partial charge in [-0.15, -0.1) is 0 Å². The van der Waals surface area contributed by atoms with Crippen LogP contribution in [0.4, 0.5) is 11.6 Å². The maximum absolute atomic E-state index is 13.4. The summed E-state index contributed by atoms with van der Waals surface area (Å²) >= 11 is 6.03. The smallest absolute Gasteiger partial charge is 0.259 e. The lowest BCUT2D eigenvalue weighted by molar-refractivity contribution is 0.0986. The van der Waals surface area contributed by atoms with E-state index in [2.05, 4.69) is 0 Å². The topological polar surface area (TPSA) is 83.5 Å². The van der Waals surface area contributed by atoms with Crippen LogP contribution in [-0.2, 0) is 9.84 Å². The number of anilines is 2. The van der Waals surface area contributed by atoms with Gasteiger partial charge in [0.15, 0.2) is 21.5 Å². The quantitative estimate of drug-likeness (QED) is 0.621. The van der Waals surface area contributed by atoms with Crippen molar-refractivity contribution in [3.05, 3.63) is 53.1 Å². The summed E-state index contributed by atoms with van der Waals surface area (Å²) < 4.78 is 24.0. The van der Waals surface area contributed by atoms with Crippen LogP contribution < -0.4 is 9.80 Å². The molecule has 3 aromatic rings. The molecule has 4 rings (SSSR count). The number of carbonyl (C=O) groups excluding carboxylic acids is 1. The fourth-order valence-corrected chi connectivity index (χ4v) is 4.67. The minimum absolute atomic E-state index is 0.0678. The fourth-order valence-electron chi connectivity index (χ4n) is 3.37. The molecule has 1 amide bonds. The van der Waals surface area contributed by atoms with Crippen LogP contribution in [0.5, 0.6) is 0 Å². The Hall–Kier alpha value is -2.71.